The van der Waals surface area contributed by atoms with Crippen LogP contribution in [0.1, 0.15) is 31.2 Å². The SMILES string of the molecule is O=C(OCc1ccc(-n2cccn2)cc1)C1CC2CCC1C2. The third kappa shape index (κ3) is 2.54. The van der Waals surface area contributed by atoms with Crippen LogP contribution in [-0.4, -0.2) is 15.7 Å². The Morgan fingerprint density at radius 2 is 2.09 bits per heavy atom. The first-order valence-corrected chi connectivity index (χ1v) is 8.05. The maximum atomic E-state index is 12.2. The number of aromatic nitrogens is 2. The fourth-order valence-corrected chi connectivity index (χ4v) is 3.96. The molecule has 4 nitrogen and oxygen atoms in total. The van der Waals surface area contributed by atoms with E-state index in [4.69, 9.17) is 4.74 Å². The van der Waals surface area contributed by atoms with Crippen molar-refractivity contribution in [3.63, 3.8) is 0 Å². The summed E-state index contributed by atoms with van der Waals surface area (Å²) in [4.78, 5) is 12.2. The zero-order valence-corrected chi connectivity index (χ0v) is 12.5. The summed E-state index contributed by atoms with van der Waals surface area (Å²) in [5, 5.41) is 4.20. The molecule has 2 aliphatic carbocycles. The van der Waals surface area contributed by atoms with Crippen LogP contribution in [0.4, 0.5) is 0 Å². The molecule has 22 heavy (non-hydrogen) atoms. The van der Waals surface area contributed by atoms with Crippen molar-refractivity contribution in [2.75, 3.05) is 0 Å². The highest BCUT2D eigenvalue weighted by molar-refractivity contribution is 5.73. The van der Waals surface area contributed by atoms with Gasteiger partial charge in [-0.2, -0.15) is 5.10 Å². The molecule has 4 heteroatoms. The molecule has 114 valence electrons. The van der Waals surface area contributed by atoms with Gasteiger partial charge in [0.25, 0.3) is 0 Å². The summed E-state index contributed by atoms with van der Waals surface area (Å²) in [6, 6.07) is 9.86. The van der Waals surface area contributed by atoms with E-state index in [1.165, 1.54) is 19.3 Å². The van der Waals surface area contributed by atoms with Crippen molar-refractivity contribution < 1.29 is 9.53 Å². The molecule has 0 radical (unpaired) electrons. The predicted molar refractivity (Wildman–Crippen MR) is 82.3 cm³/mol. The van der Waals surface area contributed by atoms with Crippen LogP contribution in [0.25, 0.3) is 5.69 Å². The molecule has 0 amide bonds. The summed E-state index contributed by atoms with van der Waals surface area (Å²) >= 11 is 0. The summed E-state index contributed by atoms with van der Waals surface area (Å²) in [5.41, 5.74) is 2.03. The lowest BCUT2D eigenvalue weighted by Crippen LogP contribution is -2.23. The molecule has 3 atom stereocenters. The standard InChI is InChI=1S/C18H20N2O2/c21-18(17-11-14-2-5-15(17)10-14)22-12-13-3-6-16(7-4-13)20-9-1-8-19-20/h1,3-4,6-9,14-15,17H,2,5,10-12H2. The summed E-state index contributed by atoms with van der Waals surface area (Å²) in [7, 11) is 0. The van der Waals surface area contributed by atoms with Crippen LogP contribution < -0.4 is 0 Å². The van der Waals surface area contributed by atoms with E-state index in [0.29, 0.717) is 12.5 Å². The number of esters is 1. The second kappa shape index (κ2) is 5.59. The second-order valence-corrected chi connectivity index (χ2v) is 6.51. The predicted octanol–water partition coefficient (Wildman–Crippen LogP) is 3.35. The number of carbonyl (C=O) groups excluding carboxylic acids is 1. The van der Waals surface area contributed by atoms with Gasteiger partial charge in [0.2, 0.25) is 0 Å². The van der Waals surface area contributed by atoms with Crippen LogP contribution in [0.15, 0.2) is 42.7 Å². The van der Waals surface area contributed by atoms with E-state index in [9.17, 15) is 4.79 Å². The van der Waals surface area contributed by atoms with E-state index in [1.54, 1.807) is 6.20 Å². The summed E-state index contributed by atoms with van der Waals surface area (Å²) in [6.07, 6.45) is 8.46. The molecule has 1 aromatic carbocycles. The van der Waals surface area contributed by atoms with Crippen molar-refractivity contribution in [3.8, 4) is 5.69 Å². The Kier molecular flexibility index (Phi) is 3.45. The molecule has 2 bridgehead atoms. The molecule has 1 heterocycles. The van der Waals surface area contributed by atoms with Gasteiger partial charge >= 0.3 is 5.97 Å². The van der Waals surface area contributed by atoms with Crippen LogP contribution in [-0.2, 0) is 16.1 Å². The maximum Gasteiger partial charge on any atom is 0.309 e. The molecule has 4 rings (SSSR count). The largest absolute Gasteiger partial charge is 0.461 e. The van der Waals surface area contributed by atoms with Crippen molar-refractivity contribution >= 4 is 5.97 Å². The first kappa shape index (κ1) is 13.6. The molecule has 2 fully saturated rings. The molecular formula is C18H20N2O2. The number of fused-ring (bicyclic) bond motifs is 2. The first-order valence-electron chi connectivity index (χ1n) is 8.05. The topological polar surface area (TPSA) is 44.1 Å². The molecule has 1 aromatic heterocycles. The van der Waals surface area contributed by atoms with Gasteiger partial charge in [0.1, 0.15) is 6.61 Å². The van der Waals surface area contributed by atoms with E-state index in [1.807, 2.05) is 41.2 Å². The number of rotatable bonds is 4. The third-order valence-corrected chi connectivity index (χ3v) is 5.13. The smallest absolute Gasteiger partial charge is 0.309 e. The zero-order valence-electron chi connectivity index (χ0n) is 12.5. The average molecular weight is 296 g/mol. The normalized spacial score (nSPS) is 26.3. The number of ether oxygens (including phenoxy) is 1. The molecule has 3 unspecified atom stereocenters. The Morgan fingerprint density at radius 3 is 2.73 bits per heavy atom. The van der Waals surface area contributed by atoms with Crippen molar-refractivity contribution in [1.29, 1.82) is 0 Å². The molecule has 2 aromatic rings. The van der Waals surface area contributed by atoms with Gasteiger partial charge in [0, 0.05) is 12.4 Å². The highest BCUT2D eigenvalue weighted by Gasteiger charge is 2.43. The van der Waals surface area contributed by atoms with Gasteiger partial charge in [-0.25, -0.2) is 4.68 Å². The van der Waals surface area contributed by atoms with E-state index in [0.717, 1.165) is 23.6 Å². The van der Waals surface area contributed by atoms with Crippen LogP contribution in [0.2, 0.25) is 0 Å². The Bertz CT molecular complexity index is 648. The van der Waals surface area contributed by atoms with Gasteiger partial charge in [0.05, 0.1) is 11.6 Å². The number of nitrogens with zero attached hydrogens (tertiary/aromatic N) is 2. The van der Waals surface area contributed by atoms with Crippen LogP contribution >= 0.6 is 0 Å². The molecule has 2 aliphatic rings. The molecule has 0 N–H and O–H groups in total. The van der Waals surface area contributed by atoms with Gasteiger partial charge in [-0.05, 0) is 54.9 Å². The lowest BCUT2D eigenvalue weighted by atomic mass is 9.89. The van der Waals surface area contributed by atoms with Gasteiger partial charge in [-0.3, -0.25) is 4.79 Å². The monoisotopic (exact) mass is 296 g/mol. The maximum absolute atomic E-state index is 12.2. The molecule has 0 saturated heterocycles. The van der Waals surface area contributed by atoms with Gasteiger partial charge in [-0.15, -0.1) is 0 Å². The quantitative estimate of drug-likeness (QED) is 0.813. The Labute approximate surface area is 130 Å². The number of carbonyl (C=O) groups is 1. The third-order valence-electron chi connectivity index (χ3n) is 5.13. The highest BCUT2D eigenvalue weighted by Crippen LogP contribution is 2.48. The fraction of sp³-hybridized carbons (Fsp3) is 0.444. The van der Waals surface area contributed by atoms with E-state index >= 15 is 0 Å². The Hall–Kier alpha value is -2.10. The van der Waals surface area contributed by atoms with Crippen molar-refractivity contribution in [3.05, 3.63) is 48.3 Å². The second-order valence-electron chi connectivity index (χ2n) is 6.51. The lowest BCUT2D eigenvalue weighted by Gasteiger charge is -2.19. The van der Waals surface area contributed by atoms with E-state index in [2.05, 4.69) is 5.10 Å². The van der Waals surface area contributed by atoms with Crippen molar-refractivity contribution in [2.45, 2.75) is 32.3 Å². The Balaban J connectivity index is 1.35. The van der Waals surface area contributed by atoms with Gasteiger partial charge in [0.15, 0.2) is 0 Å². The minimum Gasteiger partial charge on any atom is -0.461 e. The summed E-state index contributed by atoms with van der Waals surface area (Å²) < 4.78 is 7.34. The average Bonchev–Trinajstić information content (AvgIpc) is 3.29. The fourth-order valence-electron chi connectivity index (χ4n) is 3.96. The van der Waals surface area contributed by atoms with Crippen LogP contribution in [0.3, 0.4) is 0 Å². The van der Waals surface area contributed by atoms with Crippen LogP contribution in [0.5, 0.6) is 0 Å². The molecule has 2 saturated carbocycles. The molecule has 0 aliphatic heterocycles. The number of hydrogen-bond acceptors (Lipinski definition) is 3. The van der Waals surface area contributed by atoms with Crippen LogP contribution in [0, 0.1) is 17.8 Å². The lowest BCUT2D eigenvalue weighted by molar-refractivity contribution is -0.151. The van der Waals surface area contributed by atoms with Crippen molar-refractivity contribution in [2.24, 2.45) is 17.8 Å². The molecule has 0 spiro atoms. The Morgan fingerprint density at radius 1 is 1.23 bits per heavy atom. The van der Waals surface area contributed by atoms with Crippen molar-refractivity contribution in [1.82, 2.24) is 9.78 Å². The van der Waals surface area contributed by atoms with E-state index < -0.39 is 0 Å². The summed E-state index contributed by atoms with van der Waals surface area (Å²) in [5.74, 6) is 1.51. The highest BCUT2D eigenvalue weighted by atomic mass is 16.5. The number of benzene rings is 1. The van der Waals surface area contributed by atoms with Gasteiger partial charge in [-0.1, -0.05) is 18.6 Å². The minimum atomic E-state index is 0.00310. The zero-order chi connectivity index (χ0) is 14.9. The molecular weight excluding hydrogens is 276 g/mol. The van der Waals surface area contributed by atoms with E-state index in [-0.39, 0.29) is 11.9 Å². The summed E-state index contributed by atoms with van der Waals surface area (Å²) in [6.45, 7) is 0.367. The minimum absolute atomic E-state index is 0.00310. The van der Waals surface area contributed by atoms with Gasteiger partial charge < -0.3 is 4.74 Å². The number of hydrogen-bond donors (Lipinski definition) is 0. The first-order chi connectivity index (χ1) is 10.8.